The van der Waals surface area contributed by atoms with E-state index < -0.39 is 0 Å². The van der Waals surface area contributed by atoms with E-state index in [1.165, 1.54) is 44.1 Å². The third-order valence-corrected chi connectivity index (χ3v) is 10.7. The summed E-state index contributed by atoms with van der Waals surface area (Å²) in [5.74, 6) is 1.93. The Kier molecular flexibility index (Phi) is 6.30. The first kappa shape index (κ1) is 29.1. The van der Waals surface area contributed by atoms with Crippen molar-refractivity contribution in [2.75, 3.05) is 0 Å². The van der Waals surface area contributed by atoms with Crippen LogP contribution in [0.25, 0.3) is 78.2 Å². The average Bonchev–Trinajstić information content (AvgIpc) is 3.78. The zero-order chi connectivity index (χ0) is 33.6. The first-order chi connectivity index (χ1) is 24.5. The van der Waals surface area contributed by atoms with Crippen molar-refractivity contribution in [3.8, 4) is 45.5 Å². The van der Waals surface area contributed by atoms with Gasteiger partial charge in [0.25, 0.3) is 0 Å². The van der Waals surface area contributed by atoms with Gasteiger partial charge in [0.1, 0.15) is 0 Å². The Morgan fingerprint density at radius 3 is 1.82 bits per heavy atom. The molecule has 238 valence electrons. The highest BCUT2D eigenvalue weighted by Gasteiger charge is 2.37. The van der Waals surface area contributed by atoms with Gasteiger partial charge in [-0.15, -0.1) is 0 Å². The standard InChI is InChI=1S/C44H30BrN5/c1-44(2)35-18-9-10-19-38(35)50-37-23-21-32-33-25-30(45)20-22-36(33)49(40(32)34(37)26-39(44)50)31-17-11-16-29(24-31)43-47-41(27-12-5-3-6-13-27)46-42(48-43)28-14-7-4-8-15-28/h3-26H,1-2H3. The van der Waals surface area contributed by atoms with Gasteiger partial charge in [0.05, 0.1) is 16.6 Å². The van der Waals surface area contributed by atoms with Gasteiger partial charge >= 0.3 is 0 Å². The van der Waals surface area contributed by atoms with E-state index in [0.717, 1.165) is 32.4 Å². The van der Waals surface area contributed by atoms with Crippen molar-refractivity contribution in [1.82, 2.24) is 24.1 Å². The molecule has 10 rings (SSSR count). The Balaban J connectivity index is 1.23. The number of hydrogen-bond acceptors (Lipinski definition) is 3. The van der Waals surface area contributed by atoms with Crippen LogP contribution in [0.3, 0.4) is 0 Å². The summed E-state index contributed by atoms with van der Waals surface area (Å²) in [4.78, 5) is 15.0. The number of rotatable bonds is 4. The second-order valence-corrected chi connectivity index (χ2v) is 14.4. The van der Waals surface area contributed by atoms with E-state index in [2.05, 4.69) is 124 Å². The lowest BCUT2D eigenvalue weighted by atomic mass is 9.83. The number of para-hydroxylation sites is 1. The zero-order valence-corrected chi connectivity index (χ0v) is 29.1. The van der Waals surface area contributed by atoms with Crippen LogP contribution in [0.2, 0.25) is 0 Å². The molecule has 0 bridgehead atoms. The summed E-state index contributed by atoms with van der Waals surface area (Å²) in [7, 11) is 0. The summed E-state index contributed by atoms with van der Waals surface area (Å²) in [6.07, 6.45) is 0. The SMILES string of the molecule is CC1(C)c2ccccc2-n2c1cc1c2ccc2c3cc(Br)ccc3n(-c3cccc(-c4nc(-c5ccccc5)nc(-c5ccccc5)n4)c3)c21. The molecule has 0 aliphatic carbocycles. The smallest absolute Gasteiger partial charge is 0.164 e. The monoisotopic (exact) mass is 707 g/mol. The first-order valence-electron chi connectivity index (χ1n) is 16.8. The van der Waals surface area contributed by atoms with Crippen molar-refractivity contribution in [3.05, 3.63) is 161 Å². The molecule has 0 radical (unpaired) electrons. The van der Waals surface area contributed by atoms with Crippen LogP contribution >= 0.6 is 15.9 Å². The van der Waals surface area contributed by atoms with Crippen LogP contribution in [-0.4, -0.2) is 24.1 Å². The normalized spacial score (nSPS) is 13.3. The number of fused-ring (bicyclic) bond motifs is 9. The summed E-state index contributed by atoms with van der Waals surface area (Å²) < 4.78 is 5.92. The predicted octanol–water partition coefficient (Wildman–Crippen LogP) is 11.3. The summed E-state index contributed by atoms with van der Waals surface area (Å²) in [6, 6.07) is 51.2. The Morgan fingerprint density at radius 2 is 1.10 bits per heavy atom. The van der Waals surface area contributed by atoms with Gasteiger partial charge in [-0.1, -0.05) is 127 Å². The fraction of sp³-hybridized carbons (Fsp3) is 0.0682. The molecule has 4 heterocycles. The van der Waals surface area contributed by atoms with Gasteiger partial charge in [0, 0.05) is 59.8 Å². The number of aromatic nitrogens is 5. The van der Waals surface area contributed by atoms with Crippen molar-refractivity contribution in [3.63, 3.8) is 0 Å². The molecular formula is C44H30BrN5. The van der Waals surface area contributed by atoms with Crippen molar-refractivity contribution < 1.29 is 0 Å². The molecule has 0 saturated heterocycles. The molecular weight excluding hydrogens is 678 g/mol. The second-order valence-electron chi connectivity index (χ2n) is 13.5. The van der Waals surface area contributed by atoms with Gasteiger partial charge < -0.3 is 9.13 Å². The van der Waals surface area contributed by atoms with Gasteiger partial charge in [-0.05, 0) is 54.1 Å². The number of benzene rings is 6. The van der Waals surface area contributed by atoms with Gasteiger partial charge in [0.2, 0.25) is 0 Å². The molecule has 0 N–H and O–H groups in total. The molecule has 0 unspecified atom stereocenters. The van der Waals surface area contributed by atoms with Crippen molar-refractivity contribution >= 4 is 48.6 Å². The Bertz CT molecular complexity index is 2740. The first-order valence-corrected chi connectivity index (χ1v) is 17.6. The van der Waals surface area contributed by atoms with Crippen LogP contribution in [0, 0.1) is 0 Å². The maximum Gasteiger partial charge on any atom is 0.164 e. The lowest BCUT2D eigenvalue weighted by molar-refractivity contribution is 0.645. The van der Waals surface area contributed by atoms with Gasteiger partial charge in [-0.3, -0.25) is 0 Å². The molecule has 1 aliphatic heterocycles. The molecule has 0 fully saturated rings. The minimum absolute atomic E-state index is 0.118. The van der Waals surface area contributed by atoms with Crippen molar-refractivity contribution in [2.45, 2.75) is 19.3 Å². The molecule has 0 saturated carbocycles. The third-order valence-electron chi connectivity index (χ3n) is 10.2. The van der Waals surface area contributed by atoms with Gasteiger partial charge in [0.15, 0.2) is 17.5 Å². The molecule has 3 aromatic heterocycles. The van der Waals surface area contributed by atoms with Gasteiger partial charge in [-0.25, -0.2) is 15.0 Å². The fourth-order valence-corrected chi connectivity index (χ4v) is 8.17. The lowest BCUT2D eigenvalue weighted by Crippen LogP contribution is -2.14. The molecule has 6 aromatic carbocycles. The van der Waals surface area contributed by atoms with Gasteiger partial charge in [-0.2, -0.15) is 0 Å². The van der Waals surface area contributed by atoms with Crippen LogP contribution < -0.4 is 0 Å². The zero-order valence-electron chi connectivity index (χ0n) is 27.5. The van der Waals surface area contributed by atoms with Crippen LogP contribution in [0.4, 0.5) is 0 Å². The van der Waals surface area contributed by atoms with Crippen LogP contribution in [0.5, 0.6) is 0 Å². The second kappa shape index (κ2) is 10.8. The maximum atomic E-state index is 5.04. The summed E-state index contributed by atoms with van der Waals surface area (Å²) in [6.45, 7) is 4.66. The van der Waals surface area contributed by atoms with Crippen LogP contribution in [0.1, 0.15) is 25.1 Å². The molecule has 6 heteroatoms. The van der Waals surface area contributed by atoms with Crippen LogP contribution in [-0.2, 0) is 5.41 Å². The van der Waals surface area contributed by atoms with E-state index in [4.69, 9.17) is 15.0 Å². The number of nitrogens with zero attached hydrogens (tertiary/aromatic N) is 5. The highest BCUT2D eigenvalue weighted by Crippen LogP contribution is 2.48. The third kappa shape index (κ3) is 4.28. The van der Waals surface area contributed by atoms with E-state index in [1.807, 2.05) is 60.7 Å². The van der Waals surface area contributed by atoms with Crippen LogP contribution in [0.15, 0.2) is 150 Å². The molecule has 9 aromatic rings. The lowest BCUT2D eigenvalue weighted by Gasteiger charge is -2.18. The number of hydrogen-bond donors (Lipinski definition) is 0. The van der Waals surface area contributed by atoms with E-state index in [1.54, 1.807) is 0 Å². The van der Waals surface area contributed by atoms with E-state index >= 15 is 0 Å². The average molecular weight is 709 g/mol. The van der Waals surface area contributed by atoms with E-state index in [-0.39, 0.29) is 5.41 Å². The Labute approximate surface area is 297 Å². The fourth-order valence-electron chi connectivity index (χ4n) is 7.81. The Hall–Kier alpha value is -5.85. The minimum Gasteiger partial charge on any atom is -0.312 e. The van der Waals surface area contributed by atoms with E-state index in [9.17, 15) is 0 Å². The quantitative estimate of drug-likeness (QED) is 0.183. The molecule has 0 atom stereocenters. The summed E-state index contributed by atoms with van der Waals surface area (Å²) in [5.41, 5.74) is 11.2. The Morgan fingerprint density at radius 1 is 0.500 bits per heavy atom. The highest BCUT2D eigenvalue weighted by molar-refractivity contribution is 9.10. The topological polar surface area (TPSA) is 48.5 Å². The molecule has 5 nitrogen and oxygen atoms in total. The molecule has 0 spiro atoms. The van der Waals surface area contributed by atoms with E-state index in [0.29, 0.717) is 17.5 Å². The number of halogens is 1. The summed E-state index contributed by atoms with van der Waals surface area (Å²) >= 11 is 3.76. The minimum atomic E-state index is -0.118. The van der Waals surface area contributed by atoms with Crippen molar-refractivity contribution in [1.29, 1.82) is 0 Å². The highest BCUT2D eigenvalue weighted by atomic mass is 79.9. The predicted molar refractivity (Wildman–Crippen MR) is 207 cm³/mol. The van der Waals surface area contributed by atoms with Crippen molar-refractivity contribution in [2.24, 2.45) is 0 Å². The molecule has 1 aliphatic rings. The summed E-state index contributed by atoms with van der Waals surface area (Å²) in [5, 5.41) is 3.65. The maximum absolute atomic E-state index is 5.04. The molecule has 0 amide bonds. The largest absolute Gasteiger partial charge is 0.312 e. The molecule has 50 heavy (non-hydrogen) atoms.